The molecule has 8 nitrogen and oxygen atoms in total. The standard InChI is InChI=1S/C14H13FN6O2/c1-20-10-11(21(2)14(23)18-12(10)22)17-13(20)19-16-7-8-3-5-9(15)6-4-8/h3-7H,1-2H3,(H,17,19)(H,18,22,23)/b16-7+. The maximum Gasteiger partial charge on any atom is 0.329 e. The molecule has 0 fully saturated rings. The molecule has 2 heterocycles. The third-order valence-electron chi connectivity index (χ3n) is 3.38. The molecule has 0 saturated heterocycles. The van der Waals surface area contributed by atoms with Crippen LogP contribution in [0.4, 0.5) is 10.3 Å². The molecule has 0 unspecified atom stereocenters. The number of aromatic amines is 1. The van der Waals surface area contributed by atoms with Crippen molar-refractivity contribution in [2.24, 2.45) is 19.2 Å². The van der Waals surface area contributed by atoms with E-state index in [0.29, 0.717) is 11.5 Å². The lowest BCUT2D eigenvalue weighted by Crippen LogP contribution is -2.29. The van der Waals surface area contributed by atoms with Crippen LogP contribution in [0, 0.1) is 5.82 Å². The van der Waals surface area contributed by atoms with Crippen LogP contribution < -0.4 is 16.7 Å². The number of hydrazone groups is 1. The summed E-state index contributed by atoms with van der Waals surface area (Å²) in [5.41, 5.74) is 2.84. The molecule has 23 heavy (non-hydrogen) atoms. The molecule has 1 aromatic carbocycles. The predicted molar refractivity (Wildman–Crippen MR) is 84.2 cm³/mol. The summed E-state index contributed by atoms with van der Waals surface area (Å²) in [5.74, 6) is -0.0318. The van der Waals surface area contributed by atoms with E-state index in [2.05, 4.69) is 20.5 Å². The first-order valence-electron chi connectivity index (χ1n) is 6.68. The lowest BCUT2D eigenvalue weighted by atomic mass is 10.2. The number of H-pyrrole nitrogens is 1. The van der Waals surface area contributed by atoms with E-state index in [9.17, 15) is 14.0 Å². The summed E-state index contributed by atoms with van der Waals surface area (Å²) in [6.07, 6.45) is 1.49. The number of aryl methyl sites for hydroxylation is 2. The Morgan fingerprint density at radius 1 is 1.22 bits per heavy atom. The Balaban J connectivity index is 1.95. The zero-order valence-corrected chi connectivity index (χ0v) is 12.4. The van der Waals surface area contributed by atoms with E-state index < -0.39 is 11.2 Å². The molecule has 0 aliphatic rings. The van der Waals surface area contributed by atoms with E-state index in [0.717, 1.165) is 0 Å². The van der Waals surface area contributed by atoms with Crippen molar-refractivity contribution in [1.29, 1.82) is 0 Å². The smallest absolute Gasteiger partial charge is 0.306 e. The molecule has 0 spiro atoms. The summed E-state index contributed by atoms with van der Waals surface area (Å²) < 4.78 is 15.6. The normalized spacial score (nSPS) is 11.4. The van der Waals surface area contributed by atoms with Crippen molar-refractivity contribution >= 4 is 23.3 Å². The zero-order chi connectivity index (χ0) is 16.6. The van der Waals surface area contributed by atoms with Gasteiger partial charge in [-0.1, -0.05) is 12.1 Å². The van der Waals surface area contributed by atoms with Crippen LogP contribution in [0.15, 0.2) is 39.0 Å². The van der Waals surface area contributed by atoms with Crippen molar-refractivity contribution in [3.05, 3.63) is 56.5 Å². The lowest BCUT2D eigenvalue weighted by molar-refractivity contribution is 0.628. The number of hydrogen-bond donors (Lipinski definition) is 2. The summed E-state index contributed by atoms with van der Waals surface area (Å²) >= 11 is 0. The molecule has 0 aliphatic carbocycles. The number of imidazole rings is 1. The number of fused-ring (bicyclic) bond motifs is 1. The first-order valence-corrected chi connectivity index (χ1v) is 6.68. The SMILES string of the molecule is Cn1c(N/N=C/c2ccc(F)cc2)nc2c1c(=O)[nH]c(=O)n2C. The Kier molecular flexibility index (Phi) is 3.53. The fraction of sp³-hybridized carbons (Fsp3) is 0.143. The zero-order valence-electron chi connectivity index (χ0n) is 12.4. The quantitative estimate of drug-likeness (QED) is 0.544. The molecule has 0 saturated carbocycles. The van der Waals surface area contributed by atoms with Crippen molar-refractivity contribution in [2.75, 3.05) is 5.43 Å². The third-order valence-corrected chi connectivity index (χ3v) is 3.38. The van der Waals surface area contributed by atoms with E-state index in [1.165, 1.54) is 34.5 Å². The molecule has 2 aromatic heterocycles. The van der Waals surface area contributed by atoms with Gasteiger partial charge in [0.15, 0.2) is 11.2 Å². The van der Waals surface area contributed by atoms with Gasteiger partial charge in [0, 0.05) is 14.1 Å². The van der Waals surface area contributed by atoms with Crippen LogP contribution in [-0.2, 0) is 14.1 Å². The minimum atomic E-state index is -0.540. The fourth-order valence-electron chi connectivity index (χ4n) is 2.12. The molecular formula is C14H13FN6O2. The predicted octanol–water partition coefficient (Wildman–Crippen LogP) is 0.545. The maximum atomic E-state index is 12.8. The summed E-state index contributed by atoms with van der Waals surface area (Å²) in [6, 6.07) is 5.80. The van der Waals surface area contributed by atoms with Crippen molar-refractivity contribution in [1.82, 2.24) is 19.1 Å². The van der Waals surface area contributed by atoms with Gasteiger partial charge >= 0.3 is 5.69 Å². The van der Waals surface area contributed by atoms with E-state index in [1.807, 2.05) is 0 Å². The first kappa shape index (κ1) is 14.7. The monoisotopic (exact) mass is 316 g/mol. The van der Waals surface area contributed by atoms with Gasteiger partial charge in [-0.2, -0.15) is 10.1 Å². The number of rotatable bonds is 3. The van der Waals surface area contributed by atoms with E-state index in [4.69, 9.17) is 0 Å². The van der Waals surface area contributed by atoms with Gasteiger partial charge in [0.1, 0.15) is 5.82 Å². The number of benzene rings is 1. The molecule has 0 bridgehead atoms. The van der Waals surface area contributed by atoms with Crippen molar-refractivity contribution < 1.29 is 4.39 Å². The van der Waals surface area contributed by atoms with Crippen LogP contribution in [0.25, 0.3) is 11.2 Å². The Morgan fingerprint density at radius 2 is 1.91 bits per heavy atom. The highest BCUT2D eigenvalue weighted by atomic mass is 19.1. The largest absolute Gasteiger partial charge is 0.329 e. The topological polar surface area (TPSA) is 97.1 Å². The number of hydrogen-bond acceptors (Lipinski definition) is 5. The number of halogens is 1. The van der Waals surface area contributed by atoms with Gasteiger partial charge in [-0.05, 0) is 17.7 Å². The van der Waals surface area contributed by atoms with Crippen LogP contribution in [0.3, 0.4) is 0 Å². The summed E-state index contributed by atoms with van der Waals surface area (Å²) in [5, 5.41) is 4.00. The van der Waals surface area contributed by atoms with Crippen LogP contribution in [0.2, 0.25) is 0 Å². The summed E-state index contributed by atoms with van der Waals surface area (Å²) in [4.78, 5) is 29.9. The average Bonchev–Trinajstić information content (AvgIpc) is 2.85. The second kappa shape index (κ2) is 5.52. The van der Waals surface area contributed by atoms with Crippen molar-refractivity contribution in [3.63, 3.8) is 0 Å². The Morgan fingerprint density at radius 3 is 2.61 bits per heavy atom. The average molecular weight is 316 g/mol. The van der Waals surface area contributed by atoms with Crippen LogP contribution >= 0.6 is 0 Å². The van der Waals surface area contributed by atoms with Crippen molar-refractivity contribution in [2.45, 2.75) is 0 Å². The Labute approximate surface area is 128 Å². The molecular weight excluding hydrogens is 303 g/mol. The number of anilines is 1. The summed E-state index contributed by atoms with van der Waals surface area (Å²) in [6.45, 7) is 0. The molecule has 9 heteroatoms. The number of nitrogens with one attached hydrogen (secondary N) is 2. The Hall–Kier alpha value is -3.23. The third kappa shape index (κ3) is 2.63. The molecule has 0 aliphatic heterocycles. The van der Waals surface area contributed by atoms with Gasteiger partial charge in [-0.3, -0.25) is 14.3 Å². The molecule has 118 valence electrons. The molecule has 2 N–H and O–H groups in total. The van der Waals surface area contributed by atoms with Gasteiger partial charge < -0.3 is 4.57 Å². The fourth-order valence-corrected chi connectivity index (χ4v) is 2.12. The minimum Gasteiger partial charge on any atom is -0.306 e. The van der Waals surface area contributed by atoms with E-state index in [1.54, 1.807) is 19.2 Å². The maximum absolute atomic E-state index is 12.8. The summed E-state index contributed by atoms with van der Waals surface area (Å²) in [7, 11) is 3.14. The van der Waals surface area contributed by atoms with Gasteiger partial charge in [-0.15, -0.1) is 0 Å². The molecule has 0 amide bonds. The van der Waals surface area contributed by atoms with Gasteiger partial charge in [-0.25, -0.2) is 14.6 Å². The van der Waals surface area contributed by atoms with Gasteiger partial charge in [0.2, 0.25) is 5.95 Å². The second-order valence-corrected chi connectivity index (χ2v) is 4.91. The number of aromatic nitrogens is 4. The molecule has 0 atom stereocenters. The minimum absolute atomic E-state index is 0.251. The van der Waals surface area contributed by atoms with Gasteiger partial charge in [0.05, 0.1) is 6.21 Å². The van der Waals surface area contributed by atoms with Crippen LogP contribution in [0.1, 0.15) is 5.56 Å². The van der Waals surface area contributed by atoms with Crippen LogP contribution in [-0.4, -0.2) is 25.3 Å². The highest BCUT2D eigenvalue weighted by molar-refractivity contribution is 5.80. The molecule has 0 radical (unpaired) electrons. The van der Waals surface area contributed by atoms with E-state index in [-0.39, 0.29) is 17.0 Å². The Bertz CT molecular complexity index is 1010. The lowest BCUT2D eigenvalue weighted by Gasteiger charge is -2.00. The first-order chi connectivity index (χ1) is 11.0. The molecule has 3 rings (SSSR count). The molecule has 3 aromatic rings. The van der Waals surface area contributed by atoms with E-state index >= 15 is 0 Å². The van der Waals surface area contributed by atoms with Gasteiger partial charge in [0.25, 0.3) is 5.56 Å². The van der Waals surface area contributed by atoms with Crippen molar-refractivity contribution in [3.8, 4) is 0 Å². The number of nitrogens with zero attached hydrogens (tertiary/aromatic N) is 4. The highest BCUT2D eigenvalue weighted by Gasteiger charge is 2.14. The second-order valence-electron chi connectivity index (χ2n) is 4.91. The van der Waals surface area contributed by atoms with Crippen LogP contribution in [0.5, 0.6) is 0 Å². The highest BCUT2D eigenvalue weighted by Crippen LogP contribution is 2.12.